The van der Waals surface area contributed by atoms with Crippen LogP contribution in [0.5, 0.6) is 5.75 Å². The summed E-state index contributed by atoms with van der Waals surface area (Å²) in [5.41, 5.74) is 9.30. The second-order valence-electron chi connectivity index (χ2n) is 8.68. The van der Waals surface area contributed by atoms with Gasteiger partial charge in [0.1, 0.15) is 18.2 Å². The van der Waals surface area contributed by atoms with Crippen molar-refractivity contribution in [1.29, 1.82) is 5.41 Å². The molecule has 0 unspecified atom stereocenters. The SMILES string of the molecule is N=C(c1ccc(N2CC3(CCNC3)C2)nc1)c1cc(OCc2c(Cl)cncc2Cl)ccc1N. The molecular formula is C24H24Cl2N6O. The van der Waals surface area contributed by atoms with Gasteiger partial charge in [-0.1, -0.05) is 23.2 Å². The smallest absolute Gasteiger partial charge is 0.128 e. The summed E-state index contributed by atoms with van der Waals surface area (Å²) in [7, 11) is 0. The van der Waals surface area contributed by atoms with E-state index in [1.807, 2.05) is 12.1 Å². The standard InChI is InChI=1S/C24H24Cl2N6O/c25-19-9-30-10-20(26)18(19)11-33-16-2-3-21(27)17(7-16)23(28)15-1-4-22(31-8-15)32-13-24(14-32)5-6-29-12-24/h1-4,7-10,28-29H,5-6,11-14,27H2. The zero-order valence-electron chi connectivity index (χ0n) is 17.9. The Morgan fingerprint density at radius 2 is 1.94 bits per heavy atom. The van der Waals surface area contributed by atoms with Crippen LogP contribution < -0.4 is 20.7 Å². The lowest BCUT2D eigenvalue weighted by atomic mass is 9.79. The van der Waals surface area contributed by atoms with Crippen LogP contribution in [0.15, 0.2) is 48.9 Å². The fraction of sp³-hybridized carbons (Fsp3) is 0.292. The Labute approximate surface area is 202 Å². The first-order valence-electron chi connectivity index (χ1n) is 10.8. The van der Waals surface area contributed by atoms with Crippen LogP contribution in [0.2, 0.25) is 10.0 Å². The first kappa shape index (κ1) is 21.9. The number of halogens is 2. The summed E-state index contributed by atoms with van der Waals surface area (Å²) in [4.78, 5) is 10.8. The Bertz CT molecular complexity index is 1170. The fourth-order valence-corrected chi connectivity index (χ4v) is 4.91. The van der Waals surface area contributed by atoms with Crippen LogP contribution in [-0.2, 0) is 6.61 Å². The van der Waals surface area contributed by atoms with Gasteiger partial charge in [-0.2, -0.15) is 0 Å². The number of aromatic nitrogens is 2. The molecule has 1 aromatic carbocycles. The van der Waals surface area contributed by atoms with Gasteiger partial charge in [-0.3, -0.25) is 10.4 Å². The number of nitrogens with zero attached hydrogens (tertiary/aromatic N) is 3. The van der Waals surface area contributed by atoms with Crippen LogP contribution in [0.1, 0.15) is 23.1 Å². The summed E-state index contributed by atoms with van der Waals surface area (Å²) in [6.45, 7) is 4.43. The van der Waals surface area contributed by atoms with E-state index in [9.17, 15) is 0 Å². The molecule has 3 aromatic rings. The van der Waals surface area contributed by atoms with Crippen molar-refractivity contribution in [3.63, 3.8) is 0 Å². The summed E-state index contributed by atoms with van der Waals surface area (Å²) >= 11 is 12.3. The Hall–Kier alpha value is -2.87. The summed E-state index contributed by atoms with van der Waals surface area (Å²) in [6, 6.07) is 9.13. The highest BCUT2D eigenvalue weighted by Gasteiger charge is 2.45. The molecule has 2 aliphatic heterocycles. The van der Waals surface area contributed by atoms with E-state index in [1.54, 1.807) is 24.4 Å². The van der Waals surface area contributed by atoms with E-state index in [0.29, 0.717) is 43.6 Å². The van der Waals surface area contributed by atoms with Gasteiger partial charge in [0.25, 0.3) is 0 Å². The van der Waals surface area contributed by atoms with Crippen LogP contribution in [-0.4, -0.2) is 41.9 Å². The Kier molecular flexibility index (Phi) is 5.86. The van der Waals surface area contributed by atoms with Gasteiger partial charge in [0.15, 0.2) is 0 Å². The number of benzene rings is 1. The van der Waals surface area contributed by atoms with E-state index in [-0.39, 0.29) is 12.3 Å². The number of ether oxygens (including phenoxy) is 1. The molecule has 0 bridgehead atoms. The number of nitrogens with one attached hydrogen (secondary N) is 2. The van der Waals surface area contributed by atoms with Gasteiger partial charge in [-0.25, -0.2) is 4.98 Å². The van der Waals surface area contributed by atoms with Crippen LogP contribution in [0.25, 0.3) is 0 Å². The van der Waals surface area contributed by atoms with E-state index in [4.69, 9.17) is 39.1 Å². The maximum absolute atomic E-state index is 8.69. The lowest BCUT2D eigenvalue weighted by Gasteiger charge is -2.48. The highest BCUT2D eigenvalue weighted by Crippen LogP contribution is 2.38. The molecule has 0 amide bonds. The number of hydrogen-bond acceptors (Lipinski definition) is 7. The summed E-state index contributed by atoms with van der Waals surface area (Å²) in [5, 5.41) is 13.0. The predicted molar refractivity (Wildman–Crippen MR) is 132 cm³/mol. The average Bonchev–Trinajstić information content (AvgIpc) is 3.29. The van der Waals surface area contributed by atoms with Crippen molar-refractivity contribution in [2.75, 3.05) is 36.8 Å². The Morgan fingerprint density at radius 3 is 2.61 bits per heavy atom. The zero-order chi connectivity index (χ0) is 23.0. The van der Waals surface area contributed by atoms with E-state index in [0.717, 1.165) is 32.0 Å². The van der Waals surface area contributed by atoms with E-state index < -0.39 is 0 Å². The lowest BCUT2D eigenvalue weighted by Crippen LogP contribution is -2.57. The highest BCUT2D eigenvalue weighted by atomic mass is 35.5. The zero-order valence-corrected chi connectivity index (χ0v) is 19.5. The molecule has 2 aromatic heterocycles. The van der Waals surface area contributed by atoms with Gasteiger partial charge in [-0.15, -0.1) is 0 Å². The van der Waals surface area contributed by atoms with Crippen molar-refractivity contribution in [1.82, 2.24) is 15.3 Å². The maximum Gasteiger partial charge on any atom is 0.128 e. The second kappa shape index (κ2) is 8.82. The number of pyridine rings is 2. The van der Waals surface area contributed by atoms with E-state index in [2.05, 4.69) is 20.2 Å². The molecule has 1 spiro atoms. The summed E-state index contributed by atoms with van der Waals surface area (Å²) in [6.07, 6.45) is 6.01. The maximum atomic E-state index is 8.69. The summed E-state index contributed by atoms with van der Waals surface area (Å²) in [5.74, 6) is 1.51. The predicted octanol–water partition coefficient (Wildman–Crippen LogP) is 4.16. The second-order valence-corrected chi connectivity index (χ2v) is 9.50. The molecule has 0 saturated carbocycles. The van der Waals surface area contributed by atoms with Crippen molar-refractivity contribution in [3.05, 3.63) is 75.7 Å². The summed E-state index contributed by atoms with van der Waals surface area (Å²) < 4.78 is 5.88. The van der Waals surface area contributed by atoms with E-state index in [1.165, 1.54) is 18.8 Å². The molecule has 4 heterocycles. The molecule has 2 aliphatic rings. The minimum Gasteiger partial charge on any atom is -0.489 e. The molecule has 5 rings (SSSR count). The minimum atomic E-state index is 0.181. The molecule has 0 aliphatic carbocycles. The average molecular weight is 483 g/mol. The van der Waals surface area contributed by atoms with E-state index >= 15 is 0 Å². The molecule has 2 fully saturated rings. The van der Waals surface area contributed by atoms with Crippen LogP contribution in [0.4, 0.5) is 11.5 Å². The molecule has 0 radical (unpaired) electrons. The number of nitrogens with two attached hydrogens (primary N) is 1. The molecule has 170 valence electrons. The number of hydrogen-bond donors (Lipinski definition) is 3. The molecule has 33 heavy (non-hydrogen) atoms. The Morgan fingerprint density at radius 1 is 1.15 bits per heavy atom. The van der Waals surface area contributed by atoms with Crippen molar-refractivity contribution < 1.29 is 4.74 Å². The molecular weight excluding hydrogens is 459 g/mol. The largest absolute Gasteiger partial charge is 0.489 e. The Balaban J connectivity index is 1.28. The molecule has 2 saturated heterocycles. The van der Waals surface area contributed by atoms with Crippen molar-refractivity contribution >= 4 is 40.4 Å². The quantitative estimate of drug-likeness (QED) is 0.360. The van der Waals surface area contributed by atoms with Crippen LogP contribution >= 0.6 is 23.2 Å². The first-order chi connectivity index (χ1) is 15.9. The highest BCUT2D eigenvalue weighted by molar-refractivity contribution is 6.35. The minimum absolute atomic E-state index is 0.181. The van der Waals surface area contributed by atoms with Gasteiger partial charge in [0.2, 0.25) is 0 Å². The fourth-order valence-electron chi connectivity index (χ4n) is 4.44. The topological polar surface area (TPSA) is 100 Å². The monoisotopic (exact) mass is 482 g/mol. The van der Waals surface area contributed by atoms with Crippen molar-refractivity contribution in [2.24, 2.45) is 5.41 Å². The van der Waals surface area contributed by atoms with Crippen molar-refractivity contribution in [2.45, 2.75) is 13.0 Å². The van der Waals surface area contributed by atoms with Crippen LogP contribution in [0, 0.1) is 10.8 Å². The first-order valence-corrected chi connectivity index (χ1v) is 11.5. The lowest BCUT2D eigenvalue weighted by molar-refractivity contribution is 0.241. The van der Waals surface area contributed by atoms with Gasteiger partial charge < -0.3 is 20.7 Å². The third kappa shape index (κ3) is 4.36. The number of rotatable bonds is 6. The molecule has 7 nitrogen and oxygen atoms in total. The van der Waals surface area contributed by atoms with Crippen molar-refractivity contribution in [3.8, 4) is 5.75 Å². The third-order valence-electron chi connectivity index (χ3n) is 6.37. The van der Waals surface area contributed by atoms with Gasteiger partial charge in [-0.05, 0) is 43.3 Å². The normalized spacial score (nSPS) is 16.6. The van der Waals surface area contributed by atoms with Crippen LogP contribution in [0.3, 0.4) is 0 Å². The third-order valence-corrected chi connectivity index (χ3v) is 7.03. The molecule has 0 atom stereocenters. The molecule has 4 N–H and O–H groups in total. The number of anilines is 2. The number of nitrogen functional groups attached to an aromatic ring is 1. The van der Waals surface area contributed by atoms with Gasteiger partial charge in [0, 0.05) is 66.0 Å². The molecule has 9 heteroatoms. The van der Waals surface area contributed by atoms with Gasteiger partial charge in [0.05, 0.1) is 15.8 Å². The van der Waals surface area contributed by atoms with Gasteiger partial charge >= 0.3 is 0 Å².